The molecule has 3 aromatic carbocycles. The van der Waals surface area contributed by atoms with E-state index in [1.165, 1.54) is 16.7 Å². The zero-order valence-electron chi connectivity index (χ0n) is 19.7. The molecule has 0 radical (unpaired) electrons. The number of thioether (sulfide) groups is 1. The molecule has 1 unspecified atom stereocenters. The van der Waals surface area contributed by atoms with Crippen molar-refractivity contribution < 1.29 is 19.1 Å². The number of hydrogen-bond acceptors (Lipinski definition) is 8. The fraction of sp³-hybridized carbons (Fsp3) is 0.259. The monoisotopic (exact) mass is 504 g/mol. The zero-order valence-corrected chi connectivity index (χ0v) is 20.5. The van der Waals surface area contributed by atoms with E-state index in [4.69, 9.17) is 15.2 Å². The summed E-state index contributed by atoms with van der Waals surface area (Å²) in [6.45, 7) is 3.47. The average Bonchev–Trinajstić information content (AvgIpc) is 2.90. The largest absolute Gasteiger partial charge is 0.486 e. The summed E-state index contributed by atoms with van der Waals surface area (Å²) in [6.07, 6.45) is -1.11. The molecule has 2 heterocycles. The average molecular weight is 505 g/mol. The number of benzene rings is 2. The quantitative estimate of drug-likeness (QED) is 0.296. The summed E-state index contributed by atoms with van der Waals surface area (Å²) in [5, 5.41) is -0.461. The molecule has 8 nitrogen and oxygen atoms in total. The Balaban J connectivity index is 1.60. The second kappa shape index (κ2) is 9.40. The van der Waals surface area contributed by atoms with Gasteiger partial charge in [-0.15, -0.1) is 11.8 Å². The highest BCUT2D eigenvalue weighted by molar-refractivity contribution is 8.00. The van der Waals surface area contributed by atoms with Crippen LogP contribution in [-0.4, -0.2) is 40.0 Å². The van der Waals surface area contributed by atoms with Gasteiger partial charge in [0.25, 0.3) is 5.43 Å². The van der Waals surface area contributed by atoms with Crippen molar-refractivity contribution in [2.75, 3.05) is 5.75 Å². The minimum atomic E-state index is -0.781. The van der Waals surface area contributed by atoms with Crippen LogP contribution < -0.4 is 21.3 Å². The molecule has 184 valence electrons. The number of carbonyl (C=O) groups excluding carboxylic acids is 2. The van der Waals surface area contributed by atoms with Gasteiger partial charge in [-0.3, -0.25) is 19.3 Å². The first-order chi connectivity index (χ1) is 17.3. The highest BCUT2D eigenvalue weighted by Gasteiger charge is 2.53. The number of hydrogen-bond donors (Lipinski definition) is 1. The fourth-order valence-corrected chi connectivity index (χ4v) is 5.74. The van der Waals surface area contributed by atoms with Crippen molar-refractivity contribution in [1.29, 1.82) is 0 Å². The number of fused-ring (bicyclic) bond motifs is 1. The predicted octanol–water partition coefficient (Wildman–Crippen LogP) is 2.36. The molecule has 9 heteroatoms. The molecule has 0 bridgehead atoms. The minimum absolute atomic E-state index is 0.0239. The molecule has 0 spiro atoms. The smallest absolute Gasteiger partial charge is 0.356 e. The van der Waals surface area contributed by atoms with Crippen LogP contribution in [0.2, 0.25) is 0 Å². The zero-order chi connectivity index (χ0) is 25.6. The van der Waals surface area contributed by atoms with Crippen molar-refractivity contribution in [1.82, 2.24) is 4.90 Å². The summed E-state index contributed by atoms with van der Waals surface area (Å²) in [7, 11) is 0. The van der Waals surface area contributed by atoms with Crippen LogP contribution >= 0.6 is 11.8 Å². The van der Waals surface area contributed by atoms with Crippen molar-refractivity contribution in [2.24, 2.45) is 5.73 Å². The third-order valence-corrected chi connectivity index (χ3v) is 7.46. The van der Waals surface area contributed by atoms with E-state index in [9.17, 15) is 19.2 Å². The lowest BCUT2D eigenvalue weighted by Crippen LogP contribution is -2.68. The molecular weight excluding hydrogens is 480 g/mol. The summed E-state index contributed by atoms with van der Waals surface area (Å²) >= 11 is 1.33. The van der Waals surface area contributed by atoms with Crippen LogP contribution in [0, 0.1) is 0 Å². The lowest BCUT2D eigenvalue weighted by molar-refractivity contribution is -0.152. The molecule has 0 aromatic heterocycles. The summed E-state index contributed by atoms with van der Waals surface area (Å²) in [6, 6.07) is 17.7. The summed E-state index contributed by atoms with van der Waals surface area (Å²) in [4.78, 5) is 52.7. The van der Waals surface area contributed by atoms with Crippen LogP contribution in [0.1, 0.15) is 36.6 Å². The van der Waals surface area contributed by atoms with E-state index in [2.05, 4.69) is 0 Å². The highest BCUT2D eigenvalue weighted by Crippen LogP contribution is 2.44. The maximum Gasteiger partial charge on any atom is 0.356 e. The number of esters is 1. The molecule has 1 amide bonds. The van der Waals surface area contributed by atoms with Gasteiger partial charge in [-0.2, -0.15) is 0 Å². The first-order valence-corrected chi connectivity index (χ1v) is 12.6. The molecule has 36 heavy (non-hydrogen) atoms. The highest BCUT2D eigenvalue weighted by atomic mass is 32.2. The number of β-lactam (4-membered cyclic amide) rings is 1. The summed E-state index contributed by atoms with van der Waals surface area (Å²) in [5.74, 6) is -1.11. The van der Waals surface area contributed by atoms with E-state index < -0.39 is 40.3 Å². The maximum atomic E-state index is 13.8. The van der Waals surface area contributed by atoms with E-state index in [-0.39, 0.29) is 34.4 Å². The lowest BCUT2D eigenvalue weighted by atomic mass is 9.95. The van der Waals surface area contributed by atoms with Crippen LogP contribution in [0.4, 0.5) is 0 Å². The van der Waals surface area contributed by atoms with Crippen molar-refractivity contribution in [3.63, 3.8) is 0 Å². The molecule has 2 atom stereocenters. The third-order valence-electron chi connectivity index (χ3n) is 6.15. The van der Waals surface area contributed by atoms with E-state index >= 15 is 0 Å². The van der Waals surface area contributed by atoms with E-state index in [0.717, 1.165) is 11.1 Å². The molecule has 1 fully saturated rings. The van der Waals surface area contributed by atoms with Crippen molar-refractivity contribution in [3.05, 3.63) is 103 Å². The van der Waals surface area contributed by atoms with Gasteiger partial charge in [-0.1, -0.05) is 60.7 Å². The van der Waals surface area contributed by atoms with Gasteiger partial charge in [0.05, 0.1) is 11.7 Å². The molecule has 2 aliphatic heterocycles. The standard InChI is InChI=1S/C27H24N2O6S/c1-14(2)34-24-18(21(30)22(24)31)17-13-36-26-19(28)25(32)29(26)20(17)27(33)35-23(15-9-5-3-6-10-15)16-11-7-4-8-12-16/h3-12,14,19,23,26H,13,28H2,1-2H3/t19?,26-/m1/s1. The van der Waals surface area contributed by atoms with Gasteiger partial charge in [-0.25, -0.2) is 4.79 Å². The lowest BCUT2D eigenvalue weighted by Gasteiger charge is -2.48. The second-order valence-corrected chi connectivity index (χ2v) is 10.0. The van der Waals surface area contributed by atoms with Gasteiger partial charge in [0, 0.05) is 11.3 Å². The van der Waals surface area contributed by atoms with Crippen molar-refractivity contribution in [2.45, 2.75) is 37.5 Å². The molecule has 2 N–H and O–H groups in total. The van der Waals surface area contributed by atoms with Gasteiger partial charge in [0.1, 0.15) is 17.1 Å². The third kappa shape index (κ3) is 3.94. The molecule has 2 aliphatic rings. The van der Waals surface area contributed by atoms with Gasteiger partial charge in [0.2, 0.25) is 11.3 Å². The molecule has 5 rings (SSSR count). The topological polar surface area (TPSA) is 116 Å². The van der Waals surface area contributed by atoms with Crippen molar-refractivity contribution in [3.8, 4) is 5.75 Å². The number of carbonyl (C=O) groups is 2. The summed E-state index contributed by atoms with van der Waals surface area (Å²) in [5.41, 5.74) is 6.19. The molecule has 1 saturated heterocycles. The van der Waals surface area contributed by atoms with Gasteiger partial charge < -0.3 is 15.2 Å². The Kier molecular flexibility index (Phi) is 6.27. The van der Waals surface area contributed by atoms with E-state index in [1.54, 1.807) is 13.8 Å². The Hall–Kier alpha value is -3.69. The van der Waals surface area contributed by atoms with Crippen LogP contribution in [0.5, 0.6) is 5.75 Å². The predicted molar refractivity (Wildman–Crippen MR) is 136 cm³/mol. The second-order valence-electron chi connectivity index (χ2n) is 8.90. The fourth-order valence-electron chi connectivity index (χ4n) is 4.44. The van der Waals surface area contributed by atoms with E-state index in [0.29, 0.717) is 0 Å². The summed E-state index contributed by atoms with van der Waals surface area (Å²) < 4.78 is 11.6. The number of nitrogens with two attached hydrogens (primary N) is 1. The number of amides is 1. The Morgan fingerprint density at radius 1 is 0.972 bits per heavy atom. The Bertz CT molecular complexity index is 1390. The van der Waals surface area contributed by atoms with E-state index in [1.807, 2.05) is 60.7 Å². The number of ether oxygens (including phenoxy) is 2. The normalized spacial score (nSPS) is 19.5. The first-order valence-electron chi connectivity index (χ1n) is 11.5. The maximum absolute atomic E-state index is 13.8. The Labute approximate surface area is 211 Å². The van der Waals surface area contributed by atoms with Crippen LogP contribution in [0.3, 0.4) is 0 Å². The first kappa shape index (κ1) is 24.0. The Morgan fingerprint density at radius 2 is 1.56 bits per heavy atom. The van der Waals surface area contributed by atoms with Gasteiger partial charge in [0.15, 0.2) is 11.9 Å². The van der Waals surface area contributed by atoms with Crippen LogP contribution in [-0.2, 0) is 14.3 Å². The minimum Gasteiger partial charge on any atom is -0.486 e. The SMILES string of the molecule is CC(C)Oc1c(C2=C(C(=O)OC(c3ccccc3)c3ccccc3)N3C(=O)C(N)[C@H]3SC2)c(=O)c1=O. The number of nitrogens with zero attached hydrogens (tertiary/aromatic N) is 1. The van der Waals surface area contributed by atoms with Crippen LogP contribution in [0.15, 0.2) is 75.9 Å². The Morgan fingerprint density at radius 3 is 2.11 bits per heavy atom. The molecule has 0 aliphatic carbocycles. The molecular formula is C27H24N2O6S. The number of rotatable bonds is 7. The van der Waals surface area contributed by atoms with Crippen molar-refractivity contribution >= 4 is 29.2 Å². The molecule has 3 aromatic rings. The van der Waals surface area contributed by atoms with Crippen LogP contribution in [0.25, 0.3) is 5.57 Å². The van der Waals surface area contributed by atoms with Gasteiger partial charge in [-0.05, 0) is 25.0 Å². The molecule has 0 saturated carbocycles. The van der Waals surface area contributed by atoms with Gasteiger partial charge >= 0.3 is 5.97 Å².